The summed E-state index contributed by atoms with van der Waals surface area (Å²) in [5.74, 6) is -0.800. The predicted molar refractivity (Wildman–Crippen MR) is 90.0 cm³/mol. The van der Waals surface area contributed by atoms with Crippen molar-refractivity contribution in [2.45, 2.75) is 13.0 Å². The standard InChI is InChI=1S/C20H18O3/c1-2-3-6-15-18(21)23-20(17-13-9-5-10-14-17)19(22)16-11-7-4-8-12-16/h2-15,20H,1H3/b3-2+,15-6+. The number of benzene rings is 2. The molecule has 116 valence electrons. The van der Waals surface area contributed by atoms with Gasteiger partial charge in [-0.1, -0.05) is 78.9 Å². The number of hydrogen-bond donors (Lipinski definition) is 0. The summed E-state index contributed by atoms with van der Waals surface area (Å²) < 4.78 is 5.39. The molecule has 23 heavy (non-hydrogen) atoms. The summed E-state index contributed by atoms with van der Waals surface area (Å²) in [5, 5.41) is 0. The van der Waals surface area contributed by atoms with Crippen molar-refractivity contribution in [1.82, 2.24) is 0 Å². The molecule has 0 spiro atoms. The van der Waals surface area contributed by atoms with Gasteiger partial charge in [0.25, 0.3) is 0 Å². The molecular formula is C20H18O3. The van der Waals surface area contributed by atoms with Gasteiger partial charge in [0.05, 0.1) is 0 Å². The van der Waals surface area contributed by atoms with Gasteiger partial charge in [-0.25, -0.2) is 4.79 Å². The van der Waals surface area contributed by atoms with Crippen LogP contribution in [0, 0.1) is 0 Å². The third-order valence-electron chi connectivity index (χ3n) is 3.17. The summed E-state index contributed by atoms with van der Waals surface area (Å²) in [6.07, 6.45) is 5.44. The lowest BCUT2D eigenvalue weighted by atomic mass is 10.00. The second kappa shape index (κ2) is 8.49. The molecule has 0 aromatic heterocycles. The van der Waals surface area contributed by atoms with Gasteiger partial charge in [0.1, 0.15) is 0 Å². The van der Waals surface area contributed by atoms with E-state index in [4.69, 9.17) is 4.74 Å². The number of allylic oxidation sites excluding steroid dienone is 3. The van der Waals surface area contributed by atoms with Gasteiger partial charge in [-0.2, -0.15) is 0 Å². The zero-order valence-electron chi connectivity index (χ0n) is 12.9. The molecule has 0 heterocycles. The van der Waals surface area contributed by atoms with Gasteiger partial charge in [-0.15, -0.1) is 0 Å². The van der Waals surface area contributed by atoms with E-state index in [9.17, 15) is 9.59 Å². The Balaban J connectivity index is 2.26. The summed E-state index contributed by atoms with van der Waals surface area (Å²) in [4.78, 5) is 24.6. The maximum Gasteiger partial charge on any atom is 0.331 e. The Morgan fingerprint density at radius 3 is 2.13 bits per heavy atom. The Morgan fingerprint density at radius 2 is 1.52 bits per heavy atom. The van der Waals surface area contributed by atoms with E-state index in [1.165, 1.54) is 6.08 Å². The molecule has 0 saturated heterocycles. The zero-order valence-corrected chi connectivity index (χ0v) is 12.9. The molecule has 1 unspecified atom stereocenters. The van der Waals surface area contributed by atoms with Crippen molar-refractivity contribution in [3.63, 3.8) is 0 Å². The molecule has 0 radical (unpaired) electrons. The van der Waals surface area contributed by atoms with Crippen LogP contribution < -0.4 is 0 Å². The fraction of sp³-hybridized carbons (Fsp3) is 0.100. The first kappa shape index (κ1) is 16.4. The Labute approximate surface area is 135 Å². The van der Waals surface area contributed by atoms with Crippen molar-refractivity contribution < 1.29 is 14.3 Å². The Kier molecular flexibility index (Phi) is 6.07. The highest BCUT2D eigenvalue weighted by molar-refractivity contribution is 6.01. The van der Waals surface area contributed by atoms with Gasteiger partial charge >= 0.3 is 5.97 Å². The first-order valence-corrected chi connectivity index (χ1v) is 7.36. The lowest BCUT2D eigenvalue weighted by Gasteiger charge is -2.16. The van der Waals surface area contributed by atoms with Crippen molar-refractivity contribution in [2.75, 3.05) is 0 Å². The monoisotopic (exact) mass is 306 g/mol. The molecule has 2 aromatic rings. The Hall–Kier alpha value is -2.94. The lowest BCUT2D eigenvalue weighted by molar-refractivity contribution is -0.141. The SMILES string of the molecule is C/C=C/C=C/C(=O)OC(C(=O)c1ccccc1)c1ccccc1. The topological polar surface area (TPSA) is 43.4 Å². The summed E-state index contributed by atoms with van der Waals surface area (Å²) in [5.41, 5.74) is 1.15. The fourth-order valence-corrected chi connectivity index (χ4v) is 2.06. The van der Waals surface area contributed by atoms with Crippen LogP contribution in [0.5, 0.6) is 0 Å². The highest BCUT2D eigenvalue weighted by Gasteiger charge is 2.25. The van der Waals surface area contributed by atoms with E-state index in [1.807, 2.05) is 31.2 Å². The molecule has 3 heteroatoms. The van der Waals surface area contributed by atoms with Crippen molar-refractivity contribution in [3.8, 4) is 0 Å². The summed E-state index contributed by atoms with van der Waals surface area (Å²) >= 11 is 0. The van der Waals surface area contributed by atoms with Crippen LogP contribution in [-0.4, -0.2) is 11.8 Å². The van der Waals surface area contributed by atoms with Crippen LogP contribution in [0.25, 0.3) is 0 Å². The number of ether oxygens (including phenoxy) is 1. The van der Waals surface area contributed by atoms with Gasteiger partial charge in [0.2, 0.25) is 5.78 Å². The zero-order chi connectivity index (χ0) is 16.5. The van der Waals surface area contributed by atoms with E-state index in [0.29, 0.717) is 11.1 Å². The minimum Gasteiger partial charge on any atom is -0.446 e. The Bertz CT molecular complexity index is 700. The van der Waals surface area contributed by atoms with Gasteiger partial charge < -0.3 is 4.74 Å². The average Bonchev–Trinajstić information content (AvgIpc) is 2.61. The van der Waals surface area contributed by atoms with Gasteiger partial charge in [0, 0.05) is 17.2 Å². The van der Waals surface area contributed by atoms with E-state index in [-0.39, 0.29) is 5.78 Å². The maximum absolute atomic E-state index is 12.7. The van der Waals surface area contributed by atoms with E-state index in [1.54, 1.807) is 54.6 Å². The van der Waals surface area contributed by atoms with Crippen molar-refractivity contribution >= 4 is 11.8 Å². The molecule has 0 aliphatic rings. The van der Waals surface area contributed by atoms with Crippen LogP contribution in [0.3, 0.4) is 0 Å². The molecule has 0 bridgehead atoms. The molecule has 0 aliphatic carbocycles. The van der Waals surface area contributed by atoms with Gasteiger partial charge in [-0.3, -0.25) is 4.79 Å². The van der Waals surface area contributed by atoms with E-state index >= 15 is 0 Å². The molecule has 1 atom stereocenters. The number of carbonyl (C=O) groups excluding carboxylic acids is 2. The van der Waals surface area contributed by atoms with Crippen molar-refractivity contribution in [1.29, 1.82) is 0 Å². The predicted octanol–water partition coefficient (Wildman–Crippen LogP) is 4.29. The molecule has 2 rings (SSSR count). The van der Waals surface area contributed by atoms with Gasteiger partial charge in [-0.05, 0) is 6.92 Å². The number of hydrogen-bond acceptors (Lipinski definition) is 3. The minimum absolute atomic E-state index is 0.246. The van der Waals surface area contributed by atoms with Crippen LogP contribution in [0.2, 0.25) is 0 Å². The number of ketones is 1. The van der Waals surface area contributed by atoms with Crippen LogP contribution >= 0.6 is 0 Å². The number of carbonyl (C=O) groups is 2. The van der Waals surface area contributed by atoms with E-state index in [0.717, 1.165) is 0 Å². The molecule has 3 nitrogen and oxygen atoms in total. The molecule has 0 N–H and O–H groups in total. The molecule has 0 amide bonds. The summed E-state index contributed by atoms with van der Waals surface area (Å²) in [7, 11) is 0. The van der Waals surface area contributed by atoms with Crippen molar-refractivity contribution in [3.05, 3.63) is 96.1 Å². The summed E-state index contributed by atoms with van der Waals surface area (Å²) in [6, 6.07) is 17.8. The molecular weight excluding hydrogens is 288 g/mol. The second-order valence-corrected chi connectivity index (χ2v) is 4.84. The first-order chi connectivity index (χ1) is 11.2. The summed E-state index contributed by atoms with van der Waals surface area (Å²) in [6.45, 7) is 1.85. The largest absolute Gasteiger partial charge is 0.446 e. The first-order valence-electron chi connectivity index (χ1n) is 7.36. The minimum atomic E-state index is -0.957. The number of Topliss-reactive ketones (excluding diaryl/α,β-unsaturated/α-hetero) is 1. The highest BCUT2D eigenvalue weighted by atomic mass is 16.5. The molecule has 0 aliphatic heterocycles. The molecule has 2 aromatic carbocycles. The third-order valence-corrected chi connectivity index (χ3v) is 3.17. The van der Waals surface area contributed by atoms with Gasteiger partial charge in [0.15, 0.2) is 6.10 Å². The average molecular weight is 306 g/mol. The normalized spacial score (nSPS) is 12.4. The highest BCUT2D eigenvalue weighted by Crippen LogP contribution is 2.22. The van der Waals surface area contributed by atoms with Crippen LogP contribution in [-0.2, 0) is 9.53 Å². The van der Waals surface area contributed by atoms with Crippen LogP contribution in [0.4, 0.5) is 0 Å². The third kappa shape index (κ3) is 4.78. The lowest BCUT2D eigenvalue weighted by Crippen LogP contribution is -2.19. The smallest absolute Gasteiger partial charge is 0.331 e. The molecule has 0 fully saturated rings. The maximum atomic E-state index is 12.7. The van der Waals surface area contributed by atoms with Crippen LogP contribution in [0.1, 0.15) is 28.9 Å². The Morgan fingerprint density at radius 1 is 0.913 bits per heavy atom. The fourth-order valence-electron chi connectivity index (χ4n) is 2.06. The van der Waals surface area contributed by atoms with E-state index in [2.05, 4.69) is 0 Å². The molecule has 0 saturated carbocycles. The van der Waals surface area contributed by atoms with E-state index < -0.39 is 12.1 Å². The second-order valence-electron chi connectivity index (χ2n) is 4.84. The van der Waals surface area contributed by atoms with Crippen molar-refractivity contribution in [2.24, 2.45) is 0 Å². The number of rotatable bonds is 6. The van der Waals surface area contributed by atoms with Crippen LogP contribution in [0.15, 0.2) is 85.0 Å². The number of esters is 1. The quantitative estimate of drug-likeness (QED) is 0.346.